The van der Waals surface area contributed by atoms with Crippen LogP contribution in [0.1, 0.15) is 79.1 Å². The van der Waals surface area contributed by atoms with Gasteiger partial charge in [0.25, 0.3) is 0 Å². The fourth-order valence-corrected chi connectivity index (χ4v) is 18.0. The van der Waals surface area contributed by atoms with Crippen LogP contribution in [0, 0.1) is 0 Å². The van der Waals surface area contributed by atoms with Crippen LogP contribution in [0.25, 0.3) is 0 Å². The zero-order valence-corrected chi connectivity index (χ0v) is 18.1. The molecule has 0 unspecified atom stereocenters. The van der Waals surface area contributed by atoms with Crippen molar-refractivity contribution in [1.82, 2.24) is 0 Å². The Hall–Kier alpha value is 0.00870. The molecule has 3 heteroatoms. The van der Waals surface area contributed by atoms with E-state index in [0.717, 1.165) is 6.42 Å². The van der Waals surface area contributed by atoms with Gasteiger partial charge in [0.05, 0.1) is 0 Å². The molecule has 0 amide bonds. The van der Waals surface area contributed by atoms with E-state index in [1.807, 2.05) is 0 Å². The molecule has 1 atom stereocenters. The van der Waals surface area contributed by atoms with Gasteiger partial charge >= 0.3 is 142 Å². The minimum absolute atomic E-state index is 0.0244. The fraction of sp³-hybridized carbons (Fsp3) is 0.842. The van der Waals surface area contributed by atoms with Crippen molar-refractivity contribution in [3.63, 3.8) is 0 Å². The number of rotatable bonds is 11. The Bertz CT molecular complexity index is 343. The van der Waals surface area contributed by atoms with Crippen LogP contribution in [0.3, 0.4) is 0 Å². The van der Waals surface area contributed by atoms with Gasteiger partial charge in [0, 0.05) is 0 Å². The first-order valence-electron chi connectivity index (χ1n) is 9.41. The summed E-state index contributed by atoms with van der Waals surface area (Å²) in [6.07, 6.45) is 11.8. The van der Waals surface area contributed by atoms with Gasteiger partial charge in [0.15, 0.2) is 0 Å². The molecule has 0 N–H and O–H groups in total. The number of hydrogen-bond acceptors (Lipinski definition) is 2. The summed E-state index contributed by atoms with van der Waals surface area (Å²) in [4.78, 5) is 11.5. The van der Waals surface area contributed by atoms with Crippen molar-refractivity contribution in [2.45, 2.75) is 98.0 Å². The van der Waals surface area contributed by atoms with E-state index in [1.165, 1.54) is 51.8 Å². The summed E-state index contributed by atoms with van der Waals surface area (Å²) < 4.78 is 12.6. The van der Waals surface area contributed by atoms with Gasteiger partial charge in [0.2, 0.25) is 0 Å². The summed E-state index contributed by atoms with van der Waals surface area (Å²) in [5.41, 5.74) is -0.316. The van der Waals surface area contributed by atoms with Gasteiger partial charge in [-0.1, -0.05) is 0 Å². The second-order valence-electron chi connectivity index (χ2n) is 7.29. The van der Waals surface area contributed by atoms with Crippen LogP contribution in [0.4, 0.5) is 0 Å². The molecule has 2 nitrogen and oxygen atoms in total. The molecule has 1 rings (SSSR count). The van der Waals surface area contributed by atoms with Crippen LogP contribution in [-0.2, 0) is 9.53 Å². The maximum absolute atomic E-state index is 11.5. The second kappa shape index (κ2) is 9.99. The molecule has 0 aromatic heterocycles. The zero-order chi connectivity index (χ0) is 16.5. The Morgan fingerprint density at radius 3 is 1.91 bits per heavy atom. The third kappa shape index (κ3) is 6.64. The minimum atomic E-state index is -2.22. The molecule has 22 heavy (non-hydrogen) atoms. The molecule has 128 valence electrons. The van der Waals surface area contributed by atoms with Crippen LogP contribution in [0.5, 0.6) is 0 Å². The van der Waals surface area contributed by atoms with Crippen molar-refractivity contribution in [3.8, 4) is 0 Å². The van der Waals surface area contributed by atoms with Crippen LogP contribution in [0.15, 0.2) is 10.2 Å². The molecular weight excluding hydrogens is 379 g/mol. The number of esters is 1. The van der Waals surface area contributed by atoms with E-state index in [1.54, 1.807) is 0 Å². The van der Waals surface area contributed by atoms with Crippen LogP contribution < -0.4 is 0 Å². The number of carbonyl (C=O) groups excluding carboxylic acids is 1. The molecule has 1 heterocycles. The van der Waals surface area contributed by atoms with E-state index < -0.39 is 18.4 Å². The number of carbonyl (C=O) groups is 1. The molecule has 0 bridgehead atoms. The van der Waals surface area contributed by atoms with Gasteiger partial charge in [-0.15, -0.1) is 0 Å². The molecule has 1 fully saturated rings. The topological polar surface area (TPSA) is 26.3 Å². The van der Waals surface area contributed by atoms with Crippen molar-refractivity contribution < 1.29 is 9.53 Å². The van der Waals surface area contributed by atoms with Crippen molar-refractivity contribution >= 4 is 24.3 Å². The van der Waals surface area contributed by atoms with E-state index in [2.05, 4.69) is 37.9 Å². The summed E-state index contributed by atoms with van der Waals surface area (Å²) in [6, 6.07) is 0. The van der Waals surface area contributed by atoms with E-state index in [4.69, 9.17) is 4.74 Å². The zero-order valence-electron chi connectivity index (χ0n) is 15.2. The predicted molar refractivity (Wildman–Crippen MR) is 97.8 cm³/mol. The Kier molecular flexibility index (Phi) is 9.11. The first-order valence-corrected chi connectivity index (χ1v) is 17.1. The van der Waals surface area contributed by atoms with E-state index in [-0.39, 0.29) is 11.6 Å². The third-order valence-corrected chi connectivity index (χ3v) is 19.1. The predicted octanol–water partition coefficient (Wildman–Crippen LogP) is 6.03. The molecule has 0 aromatic rings. The van der Waals surface area contributed by atoms with Crippen LogP contribution >= 0.6 is 0 Å². The average Bonchev–Trinajstić information content (AvgIpc) is 2.86. The summed E-state index contributed by atoms with van der Waals surface area (Å²) in [5, 5.41) is 0. The first kappa shape index (κ1) is 20.1. The van der Waals surface area contributed by atoms with Gasteiger partial charge in [-0.25, -0.2) is 0 Å². The molecule has 0 aliphatic carbocycles. The fourth-order valence-electron chi connectivity index (χ4n) is 3.39. The maximum atomic E-state index is 11.5. The van der Waals surface area contributed by atoms with Crippen molar-refractivity contribution in [2.24, 2.45) is 0 Å². The Labute approximate surface area is 142 Å². The molecule has 1 saturated heterocycles. The van der Waals surface area contributed by atoms with Gasteiger partial charge in [-0.05, 0) is 0 Å². The van der Waals surface area contributed by atoms with Crippen molar-refractivity contribution in [2.75, 3.05) is 0 Å². The van der Waals surface area contributed by atoms with Gasteiger partial charge in [-0.3, -0.25) is 0 Å². The third-order valence-electron chi connectivity index (χ3n) is 5.05. The van der Waals surface area contributed by atoms with E-state index in [0.29, 0.717) is 6.42 Å². The van der Waals surface area contributed by atoms with Crippen molar-refractivity contribution in [3.05, 3.63) is 10.2 Å². The van der Waals surface area contributed by atoms with Gasteiger partial charge in [-0.2, -0.15) is 0 Å². The number of hydrogen-bond donors (Lipinski definition) is 0. The number of ether oxygens (including phenoxy) is 1. The summed E-state index contributed by atoms with van der Waals surface area (Å²) >= 11 is -2.22. The molecule has 0 radical (unpaired) electrons. The normalized spacial score (nSPS) is 22.5. The Morgan fingerprint density at radius 1 is 1.05 bits per heavy atom. The number of cyclic esters (lactones) is 1. The number of unbranched alkanes of at least 4 members (excludes halogenated alkanes) is 3. The molecule has 0 aromatic carbocycles. The summed E-state index contributed by atoms with van der Waals surface area (Å²) in [5.74, 6) is -0.0244. The van der Waals surface area contributed by atoms with Gasteiger partial charge < -0.3 is 0 Å². The molecular formula is C19H36O2Sn. The average molecular weight is 415 g/mol. The monoisotopic (exact) mass is 416 g/mol. The molecule has 0 saturated carbocycles. The first-order chi connectivity index (χ1) is 10.5. The Morgan fingerprint density at radius 2 is 1.55 bits per heavy atom. The van der Waals surface area contributed by atoms with E-state index >= 15 is 0 Å². The van der Waals surface area contributed by atoms with Crippen LogP contribution in [-0.4, -0.2) is 29.9 Å². The summed E-state index contributed by atoms with van der Waals surface area (Å²) in [7, 11) is 0. The summed E-state index contributed by atoms with van der Waals surface area (Å²) in [6.45, 7) is 9.00. The SMILES string of the molecule is CCC[CH2][Sn](/[CH]=C/[C@@]1(C)CCC(=O)O1)([CH2]CCC)[CH2]CCC. The quantitative estimate of drug-likeness (QED) is 0.305. The molecule has 1 aliphatic rings. The van der Waals surface area contributed by atoms with Crippen molar-refractivity contribution in [1.29, 1.82) is 0 Å². The van der Waals surface area contributed by atoms with Crippen LogP contribution in [0.2, 0.25) is 13.3 Å². The van der Waals surface area contributed by atoms with E-state index in [9.17, 15) is 4.79 Å². The Balaban J connectivity index is 2.86. The molecule has 1 aliphatic heterocycles. The second-order valence-corrected chi connectivity index (χ2v) is 20.3. The standard InChI is InChI=1S/C7H9O2.3C4H9.Sn/c1-3-7(2)5-4-6(8)9-7;3*1-3-4-2;/h1,3H,4-5H2,2H3;3*1,3-4H2,2H3;/t7-;;;;/m0..../s1. The molecule has 0 spiro atoms. The van der Waals surface area contributed by atoms with Gasteiger partial charge in [0.1, 0.15) is 0 Å².